The normalized spacial score (nSPS) is 20.7. The lowest BCUT2D eigenvalue weighted by Gasteiger charge is -2.39. The zero-order chi connectivity index (χ0) is 18.5. The third-order valence-corrected chi connectivity index (χ3v) is 5.54. The van der Waals surface area contributed by atoms with Crippen LogP contribution in [0.1, 0.15) is 24.5 Å². The molecule has 0 radical (unpaired) electrons. The lowest BCUT2D eigenvalue weighted by molar-refractivity contribution is -0.140. The maximum atomic E-state index is 12.7. The van der Waals surface area contributed by atoms with Crippen molar-refractivity contribution < 1.29 is 14.3 Å². The van der Waals surface area contributed by atoms with E-state index >= 15 is 0 Å². The number of nitrogens with zero attached hydrogens (tertiary/aromatic N) is 2. The minimum atomic E-state index is -0.382. The Morgan fingerprint density at radius 1 is 1.31 bits per heavy atom. The van der Waals surface area contributed by atoms with Crippen molar-refractivity contribution >= 4 is 11.8 Å². The van der Waals surface area contributed by atoms with Gasteiger partial charge in [-0.2, -0.15) is 0 Å². The van der Waals surface area contributed by atoms with Gasteiger partial charge < -0.3 is 15.0 Å². The van der Waals surface area contributed by atoms with Crippen LogP contribution in [0.4, 0.5) is 0 Å². The van der Waals surface area contributed by atoms with Gasteiger partial charge in [0.05, 0.1) is 19.1 Å². The van der Waals surface area contributed by atoms with E-state index in [9.17, 15) is 9.59 Å². The summed E-state index contributed by atoms with van der Waals surface area (Å²) in [6, 6.07) is 8.39. The van der Waals surface area contributed by atoms with Crippen molar-refractivity contribution in [1.29, 1.82) is 0 Å². The number of likely N-dealkylation sites (N-methyl/N-ethyl adjacent to an activating group) is 1. The van der Waals surface area contributed by atoms with Crippen LogP contribution in [0.3, 0.4) is 0 Å². The third kappa shape index (κ3) is 4.07. The number of amides is 2. The molecule has 0 spiro atoms. The molecule has 1 aromatic carbocycles. The molecule has 0 unspecified atom stereocenters. The highest BCUT2D eigenvalue weighted by Crippen LogP contribution is 2.28. The zero-order valence-corrected chi connectivity index (χ0v) is 15.7. The van der Waals surface area contributed by atoms with Crippen molar-refractivity contribution in [3.63, 3.8) is 0 Å². The average Bonchev–Trinajstić information content (AvgIpc) is 3.08. The molecule has 0 saturated carbocycles. The molecule has 2 amide bonds. The predicted octanol–water partition coefficient (Wildman–Crippen LogP) is 0.839. The number of fused-ring (bicyclic) bond motifs is 1. The maximum absolute atomic E-state index is 12.7. The molecule has 1 atom stereocenters. The van der Waals surface area contributed by atoms with E-state index in [4.69, 9.17) is 4.74 Å². The Labute approximate surface area is 155 Å². The summed E-state index contributed by atoms with van der Waals surface area (Å²) in [6.45, 7) is 5.11. The van der Waals surface area contributed by atoms with E-state index in [1.807, 2.05) is 6.92 Å². The van der Waals surface area contributed by atoms with E-state index in [1.54, 1.807) is 12.0 Å². The van der Waals surface area contributed by atoms with Crippen LogP contribution in [0.15, 0.2) is 24.3 Å². The van der Waals surface area contributed by atoms with Gasteiger partial charge in [0.1, 0.15) is 0 Å². The molecular weight excluding hydrogens is 330 g/mol. The summed E-state index contributed by atoms with van der Waals surface area (Å²) in [5, 5.41) is 2.94. The molecule has 1 N–H and O–H groups in total. The van der Waals surface area contributed by atoms with Gasteiger partial charge in [-0.05, 0) is 30.9 Å². The molecule has 142 valence electrons. The van der Waals surface area contributed by atoms with E-state index < -0.39 is 0 Å². The van der Waals surface area contributed by atoms with Crippen LogP contribution in [0.5, 0.6) is 0 Å². The highest BCUT2D eigenvalue weighted by Gasteiger charge is 2.38. The summed E-state index contributed by atoms with van der Waals surface area (Å²) in [5.74, 6) is -0.00420. The average molecular weight is 359 g/mol. The van der Waals surface area contributed by atoms with Crippen LogP contribution in [-0.4, -0.2) is 73.6 Å². The molecule has 1 aromatic rings. The van der Waals surface area contributed by atoms with Gasteiger partial charge in [-0.25, -0.2) is 0 Å². The Bertz CT molecular complexity index is 624. The summed E-state index contributed by atoms with van der Waals surface area (Å²) in [5.41, 5.74) is 2.73. The number of nitrogens with one attached hydrogen (secondary N) is 1. The number of methoxy groups -OCH3 is 1. The summed E-state index contributed by atoms with van der Waals surface area (Å²) in [6.07, 6.45) is 2.14. The van der Waals surface area contributed by atoms with Crippen molar-refractivity contribution in [3.8, 4) is 0 Å². The summed E-state index contributed by atoms with van der Waals surface area (Å²) in [4.78, 5) is 29.3. The van der Waals surface area contributed by atoms with Crippen LogP contribution < -0.4 is 5.32 Å². The SMILES string of the molecule is CCN(CCOC)C(=O)C[C@@H]1C(=O)NCCN1C1Cc2ccccc2C1. The summed E-state index contributed by atoms with van der Waals surface area (Å²) in [7, 11) is 1.63. The smallest absolute Gasteiger partial charge is 0.237 e. The molecule has 1 aliphatic carbocycles. The molecule has 1 aliphatic heterocycles. The number of carbonyl (C=O) groups excluding carboxylic acids is 2. The lowest BCUT2D eigenvalue weighted by Crippen LogP contribution is -2.60. The standard InChI is InChI=1S/C20H29N3O3/c1-3-22(10-11-26-2)19(24)14-18-20(25)21-8-9-23(18)17-12-15-6-4-5-7-16(15)13-17/h4-7,17-18H,3,8-14H2,1-2H3,(H,21,25)/t18-/m1/s1. The number of rotatable bonds is 7. The van der Waals surface area contributed by atoms with Crippen molar-refractivity contribution in [1.82, 2.24) is 15.1 Å². The van der Waals surface area contributed by atoms with Gasteiger partial charge >= 0.3 is 0 Å². The third-order valence-electron chi connectivity index (χ3n) is 5.54. The maximum Gasteiger partial charge on any atom is 0.237 e. The molecule has 2 aliphatic rings. The van der Waals surface area contributed by atoms with E-state index in [2.05, 4.69) is 34.5 Å². The first-order valence-corrected chi connectivity index (χ1v) is 9.51. The fourth-order valence-corrected chi connectivity index (χ4v) is 4.10. The van der Waals surface area contributed by atoms with E-state index in [1.165, 1.54) is 11.1 Å². The Morgan fingerprint density at radius 2 is 2.00 bits per heavy atom. The molecule has 1 fully saturated rings. The number of piperazine rings is 1. The number of hydrogen-bond acceptors (Lipinski definition) is 4. The first-order chi connectivity index (χ1) is 12.6. The second kappa shape index (κ2) is 8.64. The molecule has 1 saturated heterocycles. The van der Waals surface area contributed by atoms with E-state index in [0.29, 0.717) is 32.3 Å². The number of hydrogen-bond donors (Lipinski definition) is 1. The van der Waals surface area contributed by atoms with Gasteiger partial charge in [-0.15, -0.1) is 0 Å². The molecule has 0 aromatic heterocycles. The van der Waals surface area contributed by atoms with Gasteiger partial charge in [0.25, 0.3) is 0 Å². The number of ether oxygens (including phenoxy) is 1. The van der Waals surface area contributed by atoms with E-state index in [-0.39, 0.29) is 24.3 Å². The van der Waals surface area contributed by atoms with Crippen LogP contribution >= 0.6 is 0 Å². The summed E-state index contributed by atoms with van der Waals surface area (Å²) >= 11 is 0. The molecule has 1 heterocycles. The largest absolute Gasteiger partial charge is 0.383 e. The van der Waals surface area contributed by atoms with Gasteiger partial charge in [-0.3, -0.25) is 14.5 Å². The van der Waals surface area contributed by atoms with Crippen molar-refractivity contribution in [3.05, 3.63) is 35.4 Å². The Kier molecular flexibility index (Phi) is 6.27. The Balaban J connectivity index is 1.69. The molecule has 3 rings (SSSR count). The van der Waals surface area contributed by atoms with Gasteiger partial charge in [0.15, 0.2) is 0 Å². The fraction of sp³-hybridized carbons (Fsp3) is 0.600. The topological polar surface area (TPSA) is 61.9 Å². The number of benzene rings is 1. The first-order valence-electron chi connectivity index (χ1n) is 9.51. The van der Waals surface area contributed by atoms with Gasteiger partial charge in [0.2, 0.25) is 11.8 Å². The summed E-state index contributed by atoms with van der Waals surface area (Å²) < 4.78 is 5.09. The van der Waals surface area contributed by atoms with Crippen molar-refractivity contribution in [2.75, 3.05) is 39.9 Å². The second-order valence-corrected chi connectivity index (χ2v) is 7.05. The monoisotopic (exact) mass is 359 g/mol. The molecule has 0 bridgehead atoms. The van der Waals surface area contributed by atoms with Crippen LogP contribution in [0, 0.1) is 0 Å². The minimum absolute atomic E-state index is 0.0205. The fourth-order valence-electron chi connectivity index (χ4n) is 4.10. The van der Waals surface area contributed by atoms with Crippen LogP contribution in [0.25, 0.3) is 0 Å². The quantitative estimate of drug-likeness (QED) is 0.784. The molecule has 26 heavy (non-hydrogen) atoms. The predicted molar refractivity (Wildman–Crippen MR) is 99.9 cm³/mol. The van der Waals surface area contributed by atoms with E-state index in [0.717, 1.165) is 19.4 Å². The minimum Gasteiger partial charge on any atom is -0.383 e. The van der Waals surface area contributed by atoms with Gasteiger partial charge in [0, 0.05) is 39.3 Å². The Hall–Kier alpha value is -1.92. The number of carbonyl (C=O) groups is 2. The van der Waals surface area contributed by atoms with Gasteiger partial charge in [-0.1, -0.05) is 24.3 Å². The van der Waals surface area contributed by atoms with Crippen LogP contribution in [-0.2, 0) is 27.2 Å². The van der Waals surface area contributed by atoms with Crippen LogP contribution in [0.2, 0.25) is 0 Å². The highest BCUT2D eigenvalue weighted by molar-refractivity contribution is 5.89. The highest BCUT2D eigenvalue weighted by atomic mass is 16.5. The second-order valence-electron chi connectivity index (χ2n) is 7.05. The van der Waals surface area contributed by atoms with Crippen molar-refractivity contribution in [2.24, 2.45) is 0 Å². The first kappa shape index (κ1) is 18.9. The Morgan fingerprint density at radius 3 is 2.62 bits per heavy atom. The van der Waals surface area contributed by atoms with Crippen molar-refractivity contribution in [2.45, 2.75) is 38.3 Å². The molecule has 6 heteroatoms. The molecule has 6 nitrogen and oxygen atoms in total. The molecular formula is C20H29N3O3. The zero-order valence-electron chi connectivity index (χ0n) is 15.7. The lowest BCUT2D eigenvalue weighted by atomic mass is 10.0.